The summed E-state index contributed by atoms with van der Waals surface area (Å²) in [5.41, 5.74) is 0. The summed E-state index contributed by atoms with van der Waals surface area (Å²) >= 11 is 0. The van der Waals surface area contributed by atoms with Crippen molar-refractivity contribution in [1.82, 2.24) is 5.16 Å². The van der Waals surface area contributed by atoms with Crippen LogP contribution in [-0.4, -0.2) is 23.8 Å². The molecule has 118 valence electrons. The molecule has 0 aliphatic carbocycles. The molecule has 0 saturated carbocycles. The highest BCUT2D eigenvalue weighted by molar-refractivity contribution is 5.80. The Morgan fingerprint density at radius 1 is 1.10 bits per heavy atom. The number of ketones is 2. The Balaban J connectivity index is 1.96. The molecule has 0 radical (unpaired) electrons. The first-order chi connectivity index (χ1) is 10.1. The lowest BCUT2D eigenvalue weighted by Crippen LogP contribution is -1.99. The number of aromatic nitrogens is 1. The zero-order chi connectivity index (χ0) is 15.5. The summed E-state index contributed by atoms with van der Waals surface area (Å²) in [7, 11) is 1.56. The van der Waals surface area contributed by atoms with Gasteiger partial charge in [-0.15, -0.1) is 0 Å². The fourth-order valence-corrected chi connectivity index (χ4v) is 2.14. The normalized spacial score (nSPS) is 10.6. The van der Waals surface area contributed by atoms with Crippen LogP contribution in [0.25, 0.3) is 0 Å². The van der Waals surface area contributed by atoms with Gasteiger partial charge in [0, 0.05) is 31.7 Å². The number of Topliss-reactive ketones (excluding diaryl/α,β-unsaturated/α-hetero) is 2. The predicted molar refractivity (Wildman–Crippen MR) is 79.4 cm³/mol. The summed E-state index contributed by atoms with van der Waals surface area (Å²) in [5, 5.41) is 3.75. The van der Waals surface area contributed by atoms with Crippen molar-refractivity contribution in [2.45, 2.75) is 64.7 Å². The van der Waals surface area contributed by atoms with Gasteiger partial charge in [0.1, 0.15) is 17.3 Å². The van der Waals surface area contributed by atoms with E-state index in [1.165, 1.54) is 0 Å². The molecule has 1 heterocycles. The van der Waals surface area contributed by atoms with Crippen molar-refractivity contribution in [3.8, 4) is 5.88 Å². The topological polar surface area (TPSA) is 69.4 Å². The van der Waals surface area contributed by atoms with Gasteiger partial charge in [-0.25, -0.2) is 0 Å². The Morgan fingerprint density at radius 3 is 2.48 bits per heavy atom. The SMILES string of the molecule is COc1cc(CCCCCCC(=O)CCCC(C)=O)on1. The van der Waals surface area contributed by atoms with E-state index in [0.717, 1.165) is 37.9 Å². The van der Waals surface area contributed by atoms with Crippen LogP contribution in [0.5, 0.6) is 5.88 Å². The maximum Gasteiger partial charge on any atom is 0.254 e. The molecule has 0 aliphatic heterocycles. The van der Waals surface area contributed by atoms with Crippen LogP contribution in [0.15, 0.2) is 10.6 Å². The number of methoxy groups -OCH3 is 1. The third kappa shape index (κ3) is 8.27. The van der Waals surface area contributed by atoms with E-state index in [1.807, 2.05) is 0 Å². The van der Waals surface area contributed by atoms with E-state index in [9.17, 15) is 9.59 Å². The number of carbonyl (C=O) groups is 2. The maximum atomic E-state index is 11.6. The van der Waals surface area contributed by atoms with Crippen molar-refractivity contribution in [1.29, 1.82) is 0 Å². The van der Waals surface area contributed by atoms with Crippen LogP contribution in [0, 0.1) is 0 Å². The average molecular weight is 295 g/mol. The van der Waals surface area contributed by atoms with E-state index in [1.54, 1.807) is 20.1 Å². The smallest absolute Gasteiger partial charge is 0.254 e. The first-order valence-electron chi connectivity index (χ1n) is 7.62. The third-order valence-corrected chi connectivity index (χ3v) is 3.36. The second-order valence-corrected chi connectivity index (χ2v) is 5.34. The molecule has 0 fully saturated rings. The lowest BCUT2D eigenvalue weighted by molar-refractivity contribution is -0.119. The van der Waals surface area contributed by atoms with Crippen LogP contribution >= 0.6 is 0 Å². The molecular weight excluding hydrogens is 270 g/mol. The van der Waals surface area contributed by atoms with Crippen LogP contribution < -0.4 is 4.74 Å². The van der Waals surface area contributed by atoms with Gasteiger partial charge in [0.05, 0.1) is 7.11 Å². The van der Waals surface area contributed by atoms with E-state index in [4.69, 9.17) is 9.26 Å². The van der Waals surface area contributed by atoms with Crippen molar-refractivity contribution in [2.24, 2.45) is 0 Å². The molecule has 1 aromatic rings. The number of carbonyl (C=O) groups excluding carboxylic acids is 2. The fourth-order valence-electron chi connectivity index (χ4n) is 2.14. The van der Waals surface area contributed by atoms with Gasteiger partial charge >= 0.3 is 0 Å². The van der Waals surface area contributed by atoms with Crippen molar-refractivity contribution >= 4 is 11.6 Å². The minimum atomic E-state index is 0.159. The Morgan fingerprint density at radius 2 is 1.81 bits per heavy atom. The van der Waals surface area contributed by atoms with Crippen molar-refractivity contribution in [3.63, 3.8) is 0 Å². The highest BCUT2D eigenvalue weighted by Gasteiger charge is 2.05. The highest BCUT2D eigenvalue weighted by atomic mass is 16.5. The lowest BCUT2D eigenvalue weighted by atomic mass is 10.0. The van der Waals surface area contributed by atoms with Crippen LogP contribution in [0.4, 0.5) is 0 Å². The van der Waals surface area contributed by atoms with Crippen molar-refractivity contribution in [2.75, 3.05) is 7.11 Å². The molecule has 5 heteroatoms. The molecule has 0 spiro atoms. The van der Waals surface area contributed by atoms with Crippen LogP contribution in [0.3, 0.4) is 0 Å². The van der Waals surface area contributed by atoms with Crippen molar-refractivity contribution in [3.05, 3.63) is 11.8 Å². The van der Waals surface area contributed by atoms with Gasteiger partial charge in [0.2, 0.25) is 0 Å². The molecule has 0 atom stereocenters. The number of rotatable bonds is 12. The van der Waals surface area contributed by atoms with Gasteiger partial charge in [-0.3, -0.25) is 4.79 Å². The molecule has 0 aliphatic rings. The first-order valence-corrected chi connectivity index (χ1v) is 7.62. The van der Waals surface area contributed by atoms with Crippen LogP contribution in [0.2, 0.25) is 0 Å². The second-order valence-electron chi connectivity index (χ2n) is 5.34. The highest BCUT2D eigenvalue weighted by Crippen LogP contribution is 2.14. The molecule has 1 rings (SSSR count). The largest absolute Gasteiger partial charge is 0.479 e. The van der Waals surface area contributed by atoms with Crippen molar-refractivity contribution < 1.29 is 18.8 Å². The summed E-state index contributed by atoms with van der Waals surface area (Å²) in [4.78, 5) is 22.3. The molecule has 21 heavy (non-hydrogen) atoms. The summed E-state index contributed by atoms with van der Waals surface area (Å²) in [6, 6.07) is 1.80. The number of nitrogens with zero attached hydrogens (tertiary/aromatic N) is 1. The van der Waals surface area contributed by atoms with E-state index < -0.39 is 0 Å². The molecule has 0 N–H and O–H groups in total. The lowest BCUT2D eigenvalue weighted by Gasteiger charge is -2.01. The minimum Gasteiger partial charge on any atom is -0.479 e. The van der Waals surface area contributed by atoms with Crippen LogP contribution in [-0.2, 0) is 16.0 Å². The average Bonchev–Trinajstić information content (AvgIpc) is 2.90. The Labute approximate surface area is 126 Å². The molecule has 1 aromatic heterocycles. The molecule has 0 amide bonds. The number of ether oxygens (including phenoxy) is 1. The van der Waals surface area contributed by atoms with Gasteiger partial charge in [-0.05, 0) is 31.3 Å². The third-order valence-electron chi connectivity index (χ3n) is 3.36. The number of unbranched alkanes of at least 4 members (excludes halogenated alkanes) is 3. The Hall–Kier alpha value is -1.65. The molecule has 5 nitrogen and oxygen atoms in total. The summed E-state index contributed by atoms with van der Waals surface area (Å²) in [5.74, 6) is 1.79. The second kappa shape index (κ2) is 10.1. The standard InChI is InChI=1S/C16H25NO4/c1-13(18)8-7-10-14(19)9-5-3-4-6-11-15-12-16(20-2)17-21-15/h12H,3-11H2,1-2H3. The maximum absolute atomic E-state index is 11.6. The number of hydrogen-bond donors (Lipinski definition) is 0. The Bertz CT molecular complexity index is 439. The van der Waals surface area contributed by atoms with Gasteiger partial charge in [-0.2, -0.15) is 0 Å². The molecular formula is C16H25NO4. The summed E-state index contributed by atoms with van der Waals surface area (Å²) in [6.45, 7) is 1.56. The summed E-state index contributed by atoms with van der Waals surface area (Å²) < 4.78 is 10.1. The zero-order valence-corrected chi connectivity index (χ0v) is 13.0. The van der Waals surface area contributed by atoms with E-state index >= 15 is 0 Å². The quantitative estimate of drug-likeness (QED) is 0.552. The van der Waals surface area contributed by atoms with E-state index in [-0.39, 0.29) is 11.6 Å². The van der Waals surface area contributed by atoms with Gasteiger partial charge in [-0.1, -0.05) is 12.8 Å². The summed E-state index contributed by atoms with van der Waals surface area (Å²) in [6.07, 6.45) is 7.31. The minimum absolute atomic E-state index is 0.159. The van der Waals surface area contributed by atoms with Crippen LogP contribution in [0.1, 0.15) is 64.1 Å². The first kappa shape index (κ1) is 17.4. The number of hydrogen-bond acceptors (Lipinski definition) is 5. The van der Waals surface area contributed by atoms with Gasteiger partial charge < -0.3 is 14.1 Å². The molecule has 0 unspecified atom stereocenters. The Kier molecular flexibility index (Phi) is 8.40. The van der Waals surface area contributed by atoms with E-state index in [2.05, 4.69) is 5.16 Å². The van der Waals surface area contributed by atoms with Gasteiger partial charge in [0.15, 0.2) is 0 Å². The molecule has 0 bridgehead atoms. The van der Waals surface area contributed by atoms with E-state index in [0.29, 0.717) is 31.6 Å². The molecule has 0 saturated heterocycles. The predicted octanol–water partition coefficient (Wildman–Crippen LogP) is 3.50. The fraction of sp³-hybridized carbons (Fsp3) is 0.688. The molecule has 0 aromatic carbocycles. The van der Waals surface area contributed by atoms with Gasteiger partial charge in [0.25, 0.3) is 5.88 Å². The monoisotopic (exact) mass is 295 g/mol. The number of aryl methyl sites for hydroxylation is 1. The zero-order valence-electron chi connectivity index (χ0n) is 13.0.